The number of nitrogens with zero attached hydrogens (tertiary/aromatic N) is 1. The molecule has 1 atom stereocenters. The first kappa shape index (κ1) is 23.4. The molecule has 0 aromatic heterocycles. The third-order valence-electron chi connectivity index (χ3n) is 5.21. The van der Waals surface area contributed by atoms with E-state index in [1.54, 1.807) is 19.1 Å². The van der Waals surface area contributed by atoms with Crippen molar-refractivity contribution in [3.63, 3.8) is 0 Å². The van der Waals surface area contributed by atoms with Gasteiger partial charge in [-0.25, -0.2) is 9.59 Å². The standard InChI is InChI=1S/C24H32NO5/c1-4-25(5-2,18-23(26)28-6-3)17-22(20-13-9-7-10-14-20)30-24(27)19-29-21-15-11-8-12-16-21/h7-16,22H,4-6,17-19H2,1-3H3/q+1. The summed E-state index contributed by atoms with van der Waals surface area (Å²) in [6.45, 7) is 8.19. The molecule has 0 spiro atoms. The minimum Gasteiger partial charge on any atom is -0.482 e. The van der Waals surface area contributed by atoms with Gasteiger partial charge in [0.05, 0.1) is 19.7 Å². The summed E-state index contributed by atoms with van der Waals surface area (Å²) in [4.78, 5) is 24.8. The molecule has 2 aromatic carbocycles. The fourth-order valence-electron chi connectivity index (χ4n) is 3.33. The van der Waals surface area contributed by atoms with E-state index in [-0.39, 0.29) is 19.1 Å². The van der Waals surface area contributed by atoms with Crippen LogP contribution in [0.3, 0.4) is 0 Å². The van der Waals surface area contributed by atoms with Crippen LogP contribution >= 0.6 is 0 Å². The van der Waals surface area contributed by atoms with Crippen LogP contribution in [0.2, 0.25) is 0 Å². The van der Waals surface area contributed by atoms with E-state index in [1.165, 1.54) is 0 Å². The number of carbonyl (C=O) groups excluding carboxylic acids is 2. The predicted octanol–water partition coefficient (Wildman–Crippen LogP) is 3.77. The van der Waals surface area contributed by atoms with Gasteiger partial charge in [0.2, 0.25) is 0 Å². The number of hydrogen-bond donors (Lipinski definition) is 0. The van der Waals surface area contributed by atoms with Crippen molar-refractivity contribution in [3.8, 4) is 5.75 Å². The van der Waals surface area contributed by atoms with Crippen molar-refractivity contribution in [2.45, 2.75) is 26.9 Å². The molecule has 162 valence electrons. The Balaban J connectivity index is 2.13. The second-order valence-electron chi connectivity index (χ2n) is 7.11. The van der Waals surface area contributed by atoms with Crippen molar-refractivity contribution in [2.75, 3.05) is 39.4 Å². The summed E-state index contributed by atoms with van der Waals surface area (Å²) >= 11 is 0. The highest BCUT2D eigenvalue weighted by Gasteiger charge is 2.34. The summed E-state index contributed by atoms with van der Waals surface area (Å²) in [5.41, 5.74) is 0.888. The first-order chi connectivity index (χ1) is 14.5. The van der Waals surface area contributed by atoms with E-state index in [1.807, 2.05) is 62.4 Å². The first-order valence-corrected chi connectivity index (χ1v) is 10.4. The molecule has 2 aromatic rings. The van der Waals surface area contributed by atoms with Gasteiger partial charge in [-0.15, -0.1) is 0 Å². The average molecular weight is 415 g/mol. The second-order valence-corrected chi connectivity index (χ2v) is 7.11. The van der Waals surface area contributed by atoms with Gasteiger partial charge < -0.3 is 18.7 Å². The number of rotatable bonds is 12. The zero-order chi connectivity index (χ0) is 21.8. The molecule has 0 aliphatic heterocycles. The Morgan fingerprint density at radius 1 is 0.867 bits per heavy atom. The molecule has 0 heterocycles. The maximum atomic E-state index is 12.5. The average Bonchev–Trinajstić information content (AvgIpc) is 2.78. The summed E-state index contributed by atoms with van der Waals surface area (Å²) < 4.78 is 17.0. The first-order valence-electron chi connectivity index (χ1n) is 10.4. The fourth-order valence-corrected chi connectivity index (χ4v) is 3.33. The third-order valence-corrected chi connectivity index (χ3v) is 5.21. The molecule has 1 unspecified atom stereocenters. The van der Waals surface area contributed by atoms with E-state index in [9.17, 15) is 9.59 Å². The molecule has 0 aliphatic rings. The summed E-state index contributed by atoms with van der Waals surface area (Å²) in [5, 5.41) is 0. The zero-order valence-corrected chi connectivity index (χ0v) is 18.1. The molecular weight excluding hydrogens is 382 g/mol. The second kappa shape index (κ2) is 12.0. The van der Waals surface area contributed by atoms with Crippen molar-refractivity contribution >= 4 is 11.9 Å². The van der Waals surface area contributed by atoms with E-state index in [2.05, 4.69) is 0 Å². The van der Waals surface area contributed by atoms with Crippen LogP contribution in [0.25, 0.3) is 0 Å². The van der Waals surface area contributed by atoms with Gasteiger partial charge in [0.25, 0.3) is 0 Å². The molecule has 0 fully saturated rings. The predicted molar refractivity (Wildman–Crippen MR) is 115 cm³/mol. The van der Waals surface area contributed by atoms with Gasteiger partial charge in [-0.05, 0) is 38.5 Å². The molecule has 6 nitrogen and oxygen atoms in total. The number of likely N-dealkylation sites (N-methyl/N-ethyl adjacent to an activating group) is 1. The van der Waals surface area contributed by atoms with Crippen molar-refractivity contribution in [1.29, 1.82) is 0 Å². The van der Waals surface area contributed by atoms with Crippen LogP contribution in [-0.2, 0) is 19.1 Å². The van der Waals surface area contributed by atoms with E-state index in [0.717, 1.165) is 18.7 Å². The van der Waals surface area contributed by atoms with E-state index < -0.39 is 12.1 Å². The van der Waals surface area contributed by atoms with Crippen molar-refractivity contribution in [2.24, 2.45) is 0 Å². The highest BCUT2D eigenvalue weighted by Crippen LogP contribution is 2.23. The summed E-state index contributed by atoms with van der Waals surface area (Å²) in [7, 11) is 0. The summed E-state index contributed by atoms with van der Waals surface area (Å²) in [6.07, 6.45) is -0.493. The van der Waals surface area contributed by atoms with Crippen LogP contribution < -0.4 is 4.74 Å². The number of carbonyl (C=O) groups is 2. The molecule has 0 N–H and O–H groups in total. The van der Waals surface area contributed by atoms with E-state index >= 15 is 0 Å². The number of hydrogen-bond acceptors (Lipinski definition) is 5. The molecule has 6 heteroatoms. The molecule has 0 saturated heterocycles. The van der Waals surface area contributed by atoms with Crippen LogP contribution in [0.15, 0.2) is 60.7 Å². The maximum absolute atomic E-state index is 12.5. The van der Waals surface area contributed by atoms with Gasteiger partial charge in [0.1, 0.15) is 12.3 Å². The lowest BCUT2D eigenvalue weighted by Crippen LogP contribution is -2.54. The van der Waals surface area contributed by atoms with Gasteiger partial charge in [-0.1, -0.05) is 48.5 Å². The number of quaternary nitrogens is 1. The van der Waals surface area contributed by atoms with Crippen LogP contribution in [0.4, 0.5) is 0 Å². The molecular formula is C24H32NO5+. The Bertz CT molecular complexity index is 775. The highest BCUT2D eigenvalue weighted by atomic mass is 16.6. The van der Waals surface area contributed by atoms with Crippen molar-refractivity contribution in [3.05, 3.63) is 66.2 Å². The SMILES string of the molecule is CCOC(=O)C[N+](CC)(CC)CC(OC(=O)COc1ccccc1)c1ccccc1. The summed E-state index contributed by atoms with van der Waals surface area (Å²) in [5.74, 6) is -0.0823. The molecule has 0 bridgehead atoms. The van der Waals surface area contributed by atoms with Crippen LogP contribution in [0, 0.1) is 0 Å². The Morgan fingerprint density at radius 2 is 1.47 bits per heavy atom. The molecule has 0 saturated carbocycles. The van der Waals surface area contributed by atoms with Crippen molar-refractivity contribution < 1.29 is 28.3 Å². The Labute approximate surface area is 179 Å². The van der Waals surface area contributed by atoms with Gasteiger partial charge in [0.15, 0.2) is 19.3 Å². The number of benzene rings is 2. The third kappa shape index (κ3) is 7.19. The largest absolute Gasteiger partial charge is 0.482 e. The molecule has 0 radical (unpaired) electrons. The van der Waals surface area contributed by atoms with Gasteiger partial charge in [-0.2, -0.15) is 0 Å². The Morgan fingerprint density at radius 3 is 2.03 bits per heavy atom. The molecule has 0 aliphatic carbocycles. The summed E-state index contributed by atoms with van der Waals surface area (Å²) in [6, 6.07) is 18.8. The maximum Gasteiger partial charge on any atom is 0.361 e. The number of ether oxygens (including phenoxy) is 3. The number of para-hydroxylation sites is 1. The lowest BCUT2D eigenvalue weighted by atomic mass is 10.1. The lowest BCUT2D eigenvalue weighted by molar-refractivity contribution is -0.921. The smallest absolute Gasteiger partial charge is 0.361 e. The topological polar surface area (TPSA) is 61.8 Å². The minimum atomic E-state index is -0.493. The van der Waals surface area contributed by atoms with Gasteiger partial charge in [-0.3, -0.25) is 0 Å². The molecule has 0 amide bonds. The van der Waals surface area contributed by atoms with Crippen molar-refractivity contribution in [1.82, 2.24) is 0 Å². The van der Waals surface area contributed by atoms with Gasteiger partial charge in [0, 0.05) is 0 Å². The highest BCUT2D eigenvalue weighted by molar-refractivity contribution is 5.71. The Kier molecular flexibility index (Phi) is 9.35. The van der Waals surface area contributed by atoms with Crippen LogP contribution in [-0.4, -0.2) is 55.8 Å². The van der Waals surface area contributed by atoms with Crippen LogP contribution in [0.5, 0.6) is 5.75 Å². The minimum absolute atomic E-state index is 0.177. The number of esters is 2. The van der Waals surface area contributed by atoms with E-state index in [4.69, 9.17) is 14.2 Å². The molecule has 2 rings (SSSR count). The van der Waals surface area contributed by atoms with E-state index in [0.29, 0.717) is 23.4 Å². The Hall–Kier alpha value is -2.86. The molecule has 30 heavy (non-hydrogen) atoms. The normalized spacial score (nSPS) is 12.1. The van der Waals surface area contributed by atoms with Gasteiger partial charge >= 0.3 is 11.9 Å². The van der Waals surface area contributed by atoms with Crippen LogP contribution in [0.1, 0.15) is 32.4 Å². The zero-order valence-electron chi connectivity index (χ0n) is 18.1. The quantitative estimate of drug-likeness (QED) is 0.391. The fraction of sp³-hybridized carbons (Fsp3) is 0.417. The monoisotopic (exact) mass is 414 g/mol. The lowest BCUT2D eigenvalue weighted by Gasteiger charge is -2.38.